The summed E-state index contributed by atoms with van der Waals surface area (Å²) in [5.41, 5.74) is 3.47. The number of rotatable bonds is 0. The largest absolute Gasteiger partial charge is 0.346 e. The van der Waals surface area contributed by atoms with Crippen LogP contribution in [0.1, 0.15) is 224 Å². The van der Waals surface area contributed by atoms with Crippen LogP contribution in [0.25, 0.3) is 0 Å². The zero-order valence-corrected chi connectivity index (χ0v) is 45.0. The molecule has 6 atom stereocenters. The Morgan fingerprint density at radius 3 is 1.23 bits per heavy atom. The summed E-state index contributed by atoms with van der Waals surface area (Å²) in [5, 5.41) is 0. The molecule has 5 aliphatic heterocycles. The van der Waals surface area contributed by atoms with Crippen LogP contribution in [-0.4, -0.2) is 111 Å². The predicted octanol–water partition coefficient (Wildman–Crippen LogP) is 13.3. The number of nitrogens with zero attached hydrogens (tertiary/aromatic N) is 4. The molecule has 2 saturated carbocycles. The van der Waals surface area contributed by atoms with Crippen molar-refractivity contribution in [1.29, 1.82) is 0 Å². The Balaban J connectivity index is 0.000000177. The van der Waals surface area contributed by atoms with Gasteiger partial charge in [-0.1, -0.05) is 83.1 Å². The van der Waals surface area contributed by atoms with E-state index in [2.05, 4.69) is 186 Å². The lowest BCUT2D eigenvalue weighted by molar-refractivity contribution is -0.148. The second kappa shape index (κ2) is 17.5. The maximum atomic E-state index is 5.89. The van der Waals surface area contributed by atoms with E-state index in [0.717, 1.165) is 61.7 Å². The standard InChI is InChI=1S/C14H27NO2.2C14H27N.C12H25N/c1-12(2,3)11-9-14(16-7-8-17-14)10-15(11)13(4,5)6;1-12(2,3)11-9-14(7-8-14)10-15(11)13(4,5)6;1-13(2,3)12-10-7-8-11(9-10)15(12)14(4,5)6;1-11(2,3)10-8-7-9-13(10)12(4,5)6/h11H,7-10H2,1-6H3;11H,7-10H2,1-6H3;10-12H,7-9H2,1-6H3;10H,7-9H2,1-6H3/t;;10-,11+,12?;/m..0./s1. The Kier molecular flexibility index (Phi) is 15.3. The molecule has 0 aromatic heterocycles. The van der Waals surface area contributed by atoms with Gasteiger partial charge in [0, 0.05) is 65.3 Å². The molecule has 0 radical (unpaired) electrons. The molecule has 4 unspecified atom stereocenters. The van der Waals surface area contributed by atoms with Gasteiger partial charge in [0.25, 0.3) is 0 Å². The molecule has 2 bridgehead atoms. The van der Waals surface area contributed by atoms with Gasteiger partial charge in [0.2, 0.25) is 0 Å². The quantitative estimate of drug-likeness (QED) is 0.241. The lowest BCUT2D eigenvalue weighted by atomic mass is 9.77. The summed E-state index contributed by atoms with van der Waals surface area (Å²) in [4.78, 5) is 10.8. The van der Waals surface area contributed by atoms with Gasteiger partial charge in [-0.25, -0.2) is 0 Å². The van der Waals surface area contributed by atoms with E-state index < -0.39 is 0 Å². The summed E-state index contributed by atoms with van der Waals surface area (Å²) in [5.74, 6) is 0.639. The first kappa shape index (κ1) is 52.4. The Labute approximate surface area is 375 Å². The monoisotopic (exact) mass is 843 g/mol. The van der Waals surface area contributed by atoms with Gasteiger partial charge in [0.15, 0.2) is 5.79 Å². The molecule has 0 aromatic carbocycles. The van der Waals surface area contributed by atoms with Crippen LogP contribution in [0.2, 0.25) is 0 Å². The molecule has 7 rings (SSSR count). The van der Waals surface area contributed by atoms with E-state index >= 15 is 0 Å². The highest BCUT2D eigenvalue weighted by Crippen LogP contribution is 2.58. The summed E-state index contributed by atoms with van der Waals surface area (Å²) in [6.07, 6.45) is 12.5. The van der Waals surface area contributed by atoms with E-state index in [-0.39, 0.29) is 16.7 Å². The number of piperidine rings is 1. The molecule has 7 fully saturated rings. The summed E-state index contributed by atoms with van der Waals surface area (Å²) in [7, 11) is 0. The number of fused-ring (bicyclic) bond motifs is 2. The first-order valence-corrected chi connectivity index (χ1v) is 25.1. The normalized spacial score (nSPS) is 31.6. The maximum absolute atomic E-state index is 5.89. The Bertz CT molecular complexity index is 1280. The molecule has 5 saturated heterocycles. The lowest BCUT2D eigenvalue weighted by Gasteiger charge is -2.49. The molecule has 2 aliphatic carbocycles. The number of ether oxygens (including phenoxy) is 2. The highest BCUT2D eigenvalue weighted by molar-refractivity contribution is 5.10. The zero-order valence-electron chi connectivity index (χ0n) is 45.0. The van der Waals surface area contributed by atoms with Gasteiger partial charge in [-0.3, -0.25) is 19.6 Å². The van der Waals surface area contributed by atoms with Crippen molar-refractivity contribution in [2.75, 3.05) is 32.8 Å². The third-order valence-corrected chi connectivity index (χ3v) is 15.7. The van der Waals surface area contributed by atoms with E-state index in [1.54, 1.807) is 0 Å². The first-order valence-electron chi connectivity index (χ1n) is 25.1. The van der Waals surface area contributed by atoms with Gasteiger partial charge >= 0.3 is 0 Å². The molecule has 6 nitrogen and oxygen atoms in total. The average molecular weight is 843 g/mol. The van der Waals surface area contributed by atoms with Crippen molar-refractivity contribution in [3.8, 4) is 0 Å². The van der Waals surface area contributed by atoms with Gasteiger partial charge in [0.1, 0.15) is 0 Å². The van der Waals surface area contributed by atoms with Crippen molar-refractivity contribution in [3.05, 3.63) is 0 Å². The molecular weight excluding hydrogens is 737 g/mol. The Morgan fingerprint density at radius 1 is 0.450 bits per heavy atom. The number of hydrogen-bond donors (Lipinski definition) is 0. The van der Waals surface area contributed by atoms with Gasteiger partial charge < -0.3 is 9.47 Å². The van der Waals surface area contributed by atoms with Crippen molar-refractivity contribution in [1.82, 2.24) is 19.6 Å². The molecule has 0 amide bonds. The van der Waals surface area contributed by atoms with Crippen molar-refractivity contribution in [3.63, 3.8) is 0 Å². The number of likely N-dealkylation sites (tertiary alicyclic amines) is 4. The molecule has 60 heavy (non-hydrogen) atoms. The maximum Gasteiger partial charge on any atom is 0.182 e. The predicted molar refractivity (Wildman–Crippen MR) is 260 cm³/mol. The molecule has 0 aromatic rings. The van der Waals surface area contributed by atoms with Crippen LogP contribution in [0, 0.1) is 33.0 Å². The van der Waals surface area contributed by atoms with Crippen molar-refractivity contribution in [2.45, 2.75) is 282 Å². The second-order valence-electron chi connectivity index (χ2n) is 29.4. The third-order valence-electron chi connectivity index (χ3n) is 15.7. The van der Waals surface area contributed by atoms with E-state index in [1.807, 2.05) is 0 Å². The summed E-state index contributed by atoms with van der Waals surface area (Å²) in [6.45, 7) is 61.6. The van der Waals surface area contributed by atoms with E-state index in [0.29, 0.717) is 38.9 Å². The first-order chi connectivity index (χ1) is 26.7. The van der Waals surface area contributed by atoms with E-state index in [9.17, 15) is 0 Å². The SMILES string of the molecule is CC(C)(C)C1CC2(CC2)CN1C(C)(C)C.CC(C)(C)C1CC2(CN1C(C)(C)C)OCCO2.CC(C)(C)C1CCCN1C(C)(C)C.CC(C)(C)C1[C@H]2CC[C@H](C2)N1C(C)(C)C. The minimum Gasteiger partial charge on any atom is -0.346 e. The molecule has 6 heteroatoms. The van der Waals surface area contributed by atoms with Crippen LogP contribution in [0.3, 0.4) is 0 Å². The molecule has 5 heterocycles. The third kappa shape index (κ3) is 12.8. The van der Waals surface area contributed by atoms with Crippen LogP contribution >= 0.6 is 0 Å². The van der Waals surface area contributed by atoms with Crippen LogP contribution in [-0.2, 0) is 9.47 Å². The lowest BCUT2D eigenvalue weighted by Crippen LogP contribution is -2.56. The van der Waals surface area contributed by atoms with Gasteiger partial charge in [0.05, 0.1) is 19.8 Å². The van der Waals surface area contributed by atoms with E-state index in [1.165, 1.54) is 64.5 Å². The summed E-state index contributed by atoms with van der Waals surface area (Å²) >= 11 is 0. The Morgan fingerprint density at radius 2 is 0.900 bits per heavy atom. The van der Waals surface area contributed by atoms with Crippen molar-refractivity contribution >= 4 is 0 Å². The fraction of sp³-hybridized carbons (Fsp3) is 1.00. The molecule has 354 valence electrons. The minimum absolute atomic E-state index is 0.163. The summed E-state index contributed by atoms with van der Waals surface area (Å²) < 4.78 is 11.8. The van der Waals surface area contributed by atoms with Gasteiger partial charge in [-0.05, 0) is 174 Å². The second-order valence-corrected chi connectivity index (χ2v) is 29.4. The van der Waals surface area contributed by atoms with Crippen LogP contribution in [0.5, 0.6) is 0 Å². The van der Waals surface area contributed by atoms with Gasteiger partial charge in [-0.15, -0.1) is 0 Å². The van der Waals surface area contributed by atoms with E-state index in [4.69, 9.17) is 9.47 Å². The molecule has 7 aliphatic rings. The van der Waals surface area contributed by atoms with Crippen LogP contribution < -0.4 is 0 Å². The minimum atomic E-state index is -0.328. The average Bonchev–Trinajstić information content (AvgIpc) is 3.74. The molecule has 0 N–H and O–H groups in total. The van der Waals surface area contributed by atoms with Crippen molar-refractivity contribution in [2.24, 2.45) is 33.0 Å². The Hall–Kier alpha value is -0.240. The molecule has 2 spiro atoms. The number of hydrogen-bond acceptors (Lipinski definition) is 6. The van der Waals surface area contributed by atoms with Crippen LogP contribution in [0.15, 0.2) is 0 Å². The zero-order chi connectivity index (χ0) is 46.1. The van der Waals surface area contributed by atoms with Gasteiger partial charge in [-0.2, -0.15) is 0 Å². The smallest absolute Gasteiger partial charge is 0.182 e. The molecular formula is C54H106N4O2. The fourth-order valence-electron chi connectivity index (χ4n) is 12.6. The highest BCUT2D eigenvalue weighted by Gasteiger charge is 2.57. The van der Waals surface area contributed by atoms with Crippen LogP contribution in [0.4, 0.5) is 0 Å². The fourth-order valence-corrected chi connectivity index (χ4v) is 12.6. The highest BCUT2D eigenvalue weighted by atomic mass is 16.7. The summed E-state index contributed by atoms with van der Waals surface area (Å²) in [6, 6.07) is 3.74. The topological polar surface area (TPSA) is 31.4 Å². The van der Waals surface area contributed by atoms with Crippen molar-refractivity contribution < 1.29 is 9.47 Å².